The van der Waals surface area contributed by atoms with Crippen LogP contribution in [0.5, 0.6) is 5.75 Å². The van der Waals surface area contributed by atoms with Crippen molar-refractivity contribution in [3.63, 3.8) is 0 Å². The monoisotopic (exact) mass is 789 g/mol. The highest BCUT2D eigenvalue weighted by molar-refractivity contribution is 5.93. The van der Waals surface area contributed by atoms with E-state index in [0.29, 0.717) is 49.4 Å². The molecule has 0 aromatic heterocycles. The molecular formula is C44H63N5O8. The molecule has 7 N–H and O–H groups in total. The van der Waals surface area contributed by atoms with E-state index in [-0.39, 0.29) is 43.1 Å². The van der Waals surface area contributed by atoms with Gasteiger partial charge in [0.1, 0.15) is 23.9 Å². The smallest absolute Gasteiger partial charge is 0.508 e. The average molecular weight is 790 g/mol. The number of aromatic hydroxyl groups is 1. The number of hydrogen-bond acceptors (Lipinski definition) is 9. The Bertz CT molecular complexity index is 1670. The van der Waals surface area contributed by atoms with Gasteiger partial charge in [0.15, 0.2) is 6.73 Å². The molecule has 4 amide bonds. The number of fused-ring (bicyclic) bond motifs is 5. The molecule has 0 saturated heterocycles. The number of carbonyl (C=O) groups excluding carboxylic acids is 5. The molecule has 3 aliphatic carbocycles. The summed E-state index contributed by atoms with van der Waals surface area (Å²) in [7, 11) is 0. The predicted molar refractivity (Wildman–Crippen MR) is 216 cm³/mol. The summed E-state index contributed by atoms with van der Waals surface area (Å²) in [6, 6.07) is 13.0. The first kappa shape index (κ1) is 43.5. The Hall–Kier alpha value is -4.65. The number of unbranched alkanes of at least 4 members (excludes halogenated alkanes) is 3. The van der Waals surface area contributed by atoms with Crippen molar-refractivity contribution in [3.05, 3.63) is 65.2 Å². The minimum atomic E-state index is -1.01. The van der Waals surface area contributed by atoms with Crippen molar-refractivity contribution in [1.29, 1.82) is 0 Å². The quantitative estimate of drug-likeness (QED) is 0.0588. The van der Waals surface area contributed by atoms with Crippen LogP contribution in [0.25, 0.3) is 0 Å². The third-order valence-electron chi connectivity index (χ3n) is 12.5. The molecule has 2 fully saturated rings. The molecule has 0 bridgehead atoms. The Balaban J connectivity index is 1.13. The molecule has 0 heterocycles. The Morgan fingerprint density at radius 2 is 1.67 bits per heavy atom. The summed E-state index contributed by atoms with van der Waals surface area (Å²) in [6.07, 6.45) is 8.90. The fourth-order valence-electron chi connectivity index (χ4n) is 9.43. The number of amides is 4. The van der Waals surface area contributed by atoms with E-state index < -0.39 is 42.7 Å². The first-order valence-electron chi connectivity index (χ1n) is 21.1. The van der Waals surface area contributed by atoms with Crippen LogP contribution < -0.4 is 27.0 Å². The number of ether oxygens (including phenoxy) is 2. The van der Waals surface area contributed by atoms with Gasteiger partial charge < -0.3 is 41.6 Å². The fraction of sp³-hybridized carbons (Fsp3) is 0.614. The van der Waals surface area contributed by atoms with Crippen LogP contribution in [0.3, 0.4) is 0 Å². The van der Waals surface area contributed by atoms with Gasteiger partial charge in [-0.15, -0.1) is 0 Å². The van der Waals surface area contributed by atoms with Gasteiger partial charge >= 0.3 is 6.16 Å². The largest absolute Gasteiger partial charge is 0.510 e. The maximum absolute atomic E-state index is 13.7. The lowest BCUT2D eigenvalue weighted by Gasteiger charge is -2.50. The van der Waals surface area contributed by atoms with Gasteiger partial charge in [0.05, 0.1) is 0 Å². The highest BCUT2D eigenvalue weighted by Gasteiger charge is 2.56. The van der Waals surface area contributed by atoms with E-state index in [4.69, 9.17) is 15.2 Å². The highest BCUT2D eigenvalue weighted by Crippen LogP contribution is 2.61. The molecule has 13 nitrogen and oxygen atoms in total. The molecule has 0 spiro atoms. The summed E-state index contributed by atoms with van der Waals surface area (Å²) in [5.41, 5.74) is 8.92. The average Bonchev–Trinajstić information content (AvgIpc) is 3.53. The fourth-order valence-corrected chi connectivity index (χ4v) is 9.43. The van der Waals surface area contributed by atoms with Crippen LogP contribution in [-0.2, 0) is 41.5 Å². The standard InChI is InChI=1S/C44H63N5O8/c1-3-4-10-25-46-39(51)20-21-40(52)48-37(26-29-11-6-5-7-12-29)42(54)49-36(13-8-9-24-45)41(53)47-28-56-43(55)57-38-19-18-35-34-16-14-30-27-31(50)15-17-32(30)33(34)22-23-44(35,38)2/h5-7,11-12,15,17,27,33-38,50H,3-4,8-10,13-14,16,18-26,28,45H2,1-2H3,(H,46,51)(H,47,53)(H,48,52)(H,49,54). The summed E-state index contributed by atoms with van der Waals surface area (Å²) >= 11 is 0. The molecule has 2 aromatic carbocycles. The van der Waals surface area contributed by atoms with Crippen molar-refractivity contribution >= 4 is 29.8 Å². The summed E-state index contributed by atoms with van der Waals surface area (Å²) in [4.78, 5) is 65.4. The summed E-state index contributed by atoms with van der Waals surface area (Å²) in [5.74, 6) is -0.133. The molecule has 312 valence electrons. The molecular weight excluding hydrogens is 727 g/mol. The van der Waals surface area contributed by atoms with Crippen LogP contribution in [-0.4, -0.2) is 72.9 Å². The third kappa shape index (κ3) is 11.9. The lowest BCUT2D eigenvalue weighted by Crippen LogP contribution is -2.54. The summed E-state index contributed by atoms with van der Waals surface area (Å²) < 4.78 is 11.3. The van der Waals surface area contributed by atoms with Gasteiger partial charge in [-0.2, -0.15) is 0 Å². The second kappa shape index (κ2) is 21.2. The number of rotatable bonds is 20. The minimum absolute atomic E-state index is 0.00643. The highest BCUT2D eigenvalue weighted by atomic mass is 16.7. The molecule has 7 unspecified atom stereocenters. The molecule has 5 rings (SSSR count). The Kier molecular flexibility index (Phi) is 16.2. The first-order valence-corrected chi connectivity index (χ1v) is 21.1. The van der Waals surface area contributed by atoms with E-state index in [2.05, 4.69) is 41.2 Å². The van der Waals surface area contributed by atoms with Crippen molar-refractivity contribution in [2.24, 2.45) is 23.0 Å². The number of aryl methyl sites for hydroxylation is 1. The van der Waals surface area contributed by atoms with E-state index in [1.165, 1.54) is 11.1 Å². The lowest BCUT2D eigenvalue weighted by molar-refractivity contribution is -0.133. The van der Waals surface area contributed by atoms with Gasteiger partial charge in [-0.05, 0) is 117 Å². The van der Waals surface area contributed by atoms with Gasteiger partial charge in [0.25, 0.3) is 0 Å². The molecule has 2 saturated carbocycles. The summed E-state index contributed by atoms with van der Waals surface area (Å²) in [5, 5.41) is 21.0. The number of nitrogens with one attached hydrogen (secondary N) is 4. The third-order valence-corrected chi connectivity index (χ3v) is 12.5. The lowest BCUT2D eigenvalue weighted by atomic mass is 9.55. The Morgan fingerprint density at radius 3 is 2.44 bits per heavy atom. The van der Waals surface area contributed by atoms with E-state index in [1.807, 2.05) is 36.4 Å². The van der Waals surface area contributed by atoms with Crippen LogP contribution >= 0.6 is 0 Å². The number of benzene rings is 2. The second-order valence-electron chi connectivity index (χ2n) is 16.3. The van der Waals surface area contributed by atoms with Gasteiger partial charge in [0.2, 0.25) is 23.6 Å². The maximum atomic E-state index is 13.7. The zero-order valence-electron chi connectivity index (χ0n) is 33.7. The molecule has 3 aliphatic rings. The Morgan fingerprint density at radius 1 is 0.877 bits per heavy atom. The number of phenols is 1. The van der Waals surface area contributed by atoms with Crippen molar-refractivity contribution in [1.82, 2.24) is 21.3 Å². The molecule has 2 aromatic rings. The Labute approximate surface area is 337 Å². The van der Waals surface area contributed by atoms with Gasteiger partial charge in [0, 0.05) is 31.2 Å². The molecule has 7 atom stereocenters. The summed E-state index contributed by atoms with van der Waals surface area (Å²) in [6.45, 7) is 4.83. The van der Waals surface area contributed by atoms with Crippen molar-refractivity contribution in [2.75, 3.05) is 19.8 Å². The van der Waals surface area contributed by atoms with Crippen molar-refractivity contribution in [3.8, 4) is 5.75 Å². The SMILES string of the molecule is CCCCCNC(=O)CCC(=O)NC(Cc1ccccc1)C(=O)NC(CCCCN)C(=O)NCOC(=O)OC1CCC2C3CCc4cc(O)ccc4C3CCC12C. The number of hydrogen-bond donors (Lipinski definition) is 6. The zero-order chi connectivity index (χ0) is 40.8. The van der Waals surface area contributed by atoms with Crippen LogP contribution in [0, 0.1) is 17.3 Å². The topological polar surface area (TPSA) is 198 Å². The van der Waals surface area contributed by atoms with E-state index >= 15 is 0 Å². The van der Waals surface area contributed by atoms with Crippen LogP contribution in [0.2, 0.25) is 0 Å². The van der Waals surface area contributed by atoms with Crippen molar-refractivity contribution in [2.45, 2.75) is 134 Å². The zero-order valence-corrected chi connectivity index (χ0v) is 33.7. The molecule has 13 heteroatoms. The minimum Gasteiger partial charge on any atom is -0.508 e. The second-order valence-corrected chi connectivity index (χ2v) is 16.3. The molecule has 57 heavy (non-hydrogen) atoms. The number of carbonyl (C=O) groups is 5. The number of nitrogens with two attached hydrogens (primary N) is 1. The first-order chi connectivity index (χ1) is 27.5. The predicted octanol–water partition coefficient (Wildman–Crippen LogP) is 5.27. The van der Waals surface area contributed by atoms with Crippen LogP contribution in [0.1, 0.15) is 120 Å². The normalized spacial score (nSPS) is 23.1. The number of phenolic OH excluding ortho intramolecular Hbond substituents is 1. The van der Waals surface area contributed by atoms with Crippen LogP contribution in [0.15, 0.2) is 48.5 Å². The van der Waals surface area contributed by atoms with E-state index in [9.17, 15) is 29.1 Å². The van der Waals surface area contributed by atoms with Crippen LogP contribution in [0.4, 0.5) is 4.79 Å². The van der Waals surface area contributed by atoms with Gasteiger partial charge in [-0.1, -0.05) is 63.1 Å². The van der Waals surface area contributed by atoms with Gasteiger partial charge in [-0.3, -0.25) is 19.2 Å². The van der Waals surface area contributed by atoms with E-state index in [0.717, 1.165) is 63.4 Å². The van der Waals surface area contributed by atoms with E-state index in [1.54, 1.807) is 6.07 Å². The maximum Gasteiger partial charge on any atom is 0.510 e. The molecule has 0 radical (unpaired) electrons. The molecule has 0 aliphatic heterocycles. The van der Waals surface area contributed by atoms with Gasteiger partial charge in [-0.25, -0.2) is 4.79 Å². The van der Waals surface area contributed by atoms with Crippen molar-refractivity contribution < 1.29 is 38.6 Å².